The largest absolute Gasteiger partial charge is 0.260 e. The fourth-order valence-corrected chi connectivity index (χ4v) is 4.12. The molecule has 0 radical (unpaired) electrons. The molecule has 0 aliphatic rings. The van der Waals surface area contributed by atoms with Crippen molar-refractivity contribution in [1.29, 1.82) is 0 Å². The minimum absolute atomic E-state index is 0.0164. The summed E-state index contributed by atoms with van der Waals surface area (Å²) in [6, 6.07) is 13.2. The van der Waals surface area contributed by atoms with Crippen molar-refractivity contribution in [1.82, 2.24) is 0 Å². The van der Waals surface area contributed by atoms with E-state index in [4.69, 9.17) is 9.98 Å². The van der Waals surface area contributed by atoms with Crippen molar-refractivity contribution in [3.63, 3.8) is 0 Å². The van der Waals surface area contributed by atoms with Crippen molar-refractivity contribution < 1.29 is 0 Å². The Morgan fingerprint density at radius 3 is 1.03 bits per heavy atom. The van der Waals surface area contributed by atoms with Gasteiger partial charge in [-0.05, 0) is 51.3 Å². The molecule has 0 fully saturated rings. The van der Waals surface area contributed by atoms with Crippen LogP contribution in [0, 0.1) is 11.3 Å². The zero-order chi connectivity index (χ0) is 24.9. The summed E-state index contributed by atoms with van der Waals surface area (Å²) in [5.74, 6) is 1.86. The summed E-state index contributed by atoms with van der Waals surface area (Å²) in [7, 11) is 0. The van der Waals surface area contributed by atoms with Crippen LogP contribution >= 0.6 is 0 Å². The van der Waals surface area contributed by atoms with Gasteiger partial charge in [-0.2, -0.15) is 0 Å². The fraction of sp³-hybridized carbons (Fsp3) is 0.548. The molecule has 0 aliphatic heterocycles. The van der Waals surface area contributed by atoms with Crippen LogP contribution in [0.1, 0.15) is 122 Å². The van der Waals surface area contributed by atoms with E-state index < -0.39 is 0 Å². The Morgan fingerprint density at radius 2 is 0.818 bits per heavy atom. The number of para-hydroxylation sites is 2. The molecule has 2 rings (SSSR count). The molecule has 0 saturated heterocycles. The van der Waals surface area contributed by atoms with Gasteiger partial charge in [0.2, 0.25) is 0 Å². The average Bonchev–Trinajstić information content (AvgIpc) is 2.71. The molecular formula is C31H46N2. The number of nitrogens with zero attached hydrogens (tertiary/aromatic N) is 2. The molecule has 0 atom stereocenters. The highest BCUT2D eigenvalue weighted by Gasteiger charge is 2.23. The summed E-state index contributed by atoms with van der Waals surface area (Å²) in [5.41, 5.74) is 7.54. The Balaban J connectivity index is 2.56. The predicted octanol–water partition coefficient (Wildman–Crippen LogP) is 9.95. The van der Waals surface area contributed by atoms with Gasteiger partial charge in [-0.15, -0.1) is 0 Å². The number of hydrogen-bond acceptors (Lipinski definition) is 2. The average molecular weight is 447 g/mol. The van der Waals surface area contributed by atoms with Crippen LogP contribution in [0.2, 0.25) is 0 Å². The minimum Gasteiger partial charge on any atom is -0.260 e. The molecule has 2 nitrogen and oxygen atoms in total. The normalized spacial score (nSPS) is 14.0. The fourth-order valence-electron chi connectivity index (χ4n) is 4.12. The molecule has 2 aromatic rings. The quantitative estimate of drug-likeness (QED) is 0.360. The standard InChI is InChI=1S/C31H46N2/c1-20(2)25-14-12-15-26(21(3)4)29(25)32-18-24(31(9,10)11)19-33-30-27(22(5)6)16-13-17-28(30)23(7)8/h12-24H,1-11H3. The first-order valence-corrected chi connectivity index (χ1v) is 12.7. The van der Waals surface area contributed by atoms with E-state index in [0.29, 0.717) is 23.7 Å². The van der Waals surface area contributed by atoms with Crippen LogP contribution in [-0.4, -0.2) is 12.4 Å². The Labute approximate surface area is 203 Å². The first-order valence-electron chi connectivity index (χ1n) is 12.7. The smallest absolute Gasteiger partial charge is 0.0695 e. The predicted molar refractivity (Wildman–Crippen MR) is 148 cm³/mol. The van der Waals surface area contributed by atoms with Crippen LogP contribution in [-0.2, 0) is 0 Å². The van der Waals surface area contributed by atoms with Gasteiger partial charge in [-0.1, -0.05) is 113 Å². The summed E-state index contributed by atoms with van der Waals surface area (Å²) in [4.78, 5) is 10.3. The lowest BCUT2D eigenvalue weighted by Gasteiger charge is -2.25. The molecule has 0 heterocycles. The van der Waals surface area contributed by atoms with Gasteiger partial charge in [0.15, 0.2) is 0 Å². The van der Waals surface area contributed by atoms with Gasteiger partial charge in [0.05, 0.1) is 11.4 Å². The molecule has 0 aliphatic carbocycles. The monoisotopic (exact) mass is 446 g/mol. The third-order valence-electron chi connectivity index (χ3n) is 6.41. The maximum absolute atomic E-state index is 5.13. The molecule has 0 bridgehead atoms. The summed E-state index contributed by atoms with van der Waals surface area (Å²) < 4.78 is 0. The number of rotatable bonds is 8. The third-order valence-corrected chi connectivity index (χ3v) is 6.41. The van der Waals surface area contributed by atoms with Gasteiger partial charge in [-0.25, -0.2) is 0 Å². The Morgan fingerprint density at radius 1 is 0.545 bits per heavy atom. The van der Waals surface area contributed by atoms with E-state index in [9.17, 15) is 0 Å². The second kappa shape index (κ2) is 11.3. The van der Waals surface area contributed by atoms with Crippen LogP contribution in [0.15, 0.2) is 46.4 Å². The van der Waals surface area contributed by atoms with Crippen molar-refractivity contribution >= 4 is 23.8 Å². The Hall–Kier alpha value is -2.22. The van der Waals surface area contributed by atoms with E-state index in [1.807, 2.05) is 0 Å². The van der Waals surface area contributed by atoms with Gasteiger partial charge < -0.3 is 0 Å². The van der Waals surface area contributed by atoms with Crippen molar-refractivity contribution in [3.8, 4) is 0 Å². The summed E-state index contributed by atoms with van der Waals surface area (Å²) in [6.45, 7) is 24.8. The molecule has 0 amide bonds. The van der Waals surface area contributed by atoms with E-state index in [0.717, 1.165) is 11.4 Å². The maximum Gasteiger partial charge on any atom is 0.0695 e. The summed E-state index contributed by atoms with van der Waals surface area (Å²) >= 11 is 0. The van der Waals surface area contributed by atoms with Gasteiger partial charge in [-0.3, -0.25) is 9.98 Å². The van der Waals surface area contributed by atoms with Crippen LogP contribution < -0.4 is 0 Å². The third kappa shape index (κ3) is 6.88. The second-order valence-electron chi connectivity index (χ2n) is 11.6. The zero-order valence-electron chi connectivity index (χ0n) is 22.9. The van der Waals surface area contributed by atoms with E-state index in [2.05, 4.69) is 125 Å². The topological polar surface area (TPSA) is 24.7 Å². The van der Waals surface area contributed by atoms with E-state index in [-0.39, 0.29) is 11.3 Å². The highest BCUT2D eigenvalue weighted by atomic mass is 14.8. The number of aliphatic imine (C=N–C) groups is 2. The number of hydrogen-bond donors (Lipinski definition) is 0. The van der Waals surface area contributed by atoms with E-state index in [1.165, 1.54) is 22.3 Å². The molecule has 2 aromatic carbocycles. The molecule has 0 N–H and O–H groups in total. The van der Waals surface area contributed by atoms with Crippen molar-refractivity contribution in [2.45, 2.75) is 99.8 Å². The minimum atomic E-state index is 0.0164. The Kier molecular flexibility index (Phi) is 9.23. The van der Waals surface area contributed by atoms with E-state index >= 15 is 0 Å². The highest BCUT2D eigenvalue weighted by molar-refractivity contribution is 5.88. The van der Waals surface area contributed by atoms with Crippen LogP contribution in [0.5, 0.6) is 0 Å². The maximum atomic E-state index is 5.13. The van der Waals surface area contributed by atoms with E-state index in [1.54, 1.807) is 0 Å². The molecule has 0 unspecified atom stereocenters. The molecule has 0 spiro atoms. The molecule has 0 saturated carbocycles. The molecule has 180 valence electrons. The van der Waals surface area contributed by atoms with Gasteiger partial charge in [0, 0.05) is 18.3 Å². The second-order valence-corrected chi connectivity index (χ2v) is 11.6. The molecule has 33 heavy (non-hydrogen) atoms. The van der Waals surface area contributed by atoms with Gasteiger partial charge in [0.25, 0.3) is 0 Å². The van der Waals surface area contributed by atoms with Crippen LogP contribution in [0.3, 0.4) is 0 Å². The highest BCUT2D eigenvalue weighted by Crippen LogP contribution is 2.37. The SMILES string of the molecule is CC(C)c1cccc(C(C)C)c1N=CC(C=Nc1c(C(C)C)cccc1C(C)C)C(C)(C)C. The van der Waals surface area contributed by atoms with Crippen LogP contribution in [0.4, 0.5) is 11.4 Å². The molecule has 0 aromatic heterocycles. The summed E-state index contributed by atoms with van der Waals surface area (Å²) in [5, 5.41) is 0. The Bertz CT molecular complexity index is 843. The number of benzene rings is 2. The molecular weight excluding hydrogens is 400 g/mol. The lowest BCUT2D eigenvalue weighted by Crippen LogP contribution is -2.23. The van der Waals surface area contributed by atoms with Crippen molar-refractivity contribution in [2.75, 3.05) is 0 Å². The first-order chi connectivity index (χ1) is 15.3. The van der Waals surface area contributed by atoms with Gasteiger partial charge >= 0.3 is 0 Å². The van der Waals surface area contributed by atoms with Crippen LogP contribution in [0.25, 0.3) is 0 Å². The lowest BCUT2D eigenvalue weighted by molar-refractivity contribution is 0.387. The molecule has 2 heteroatoms. The van der Waals surface area contributed by atoms with Crippen molar-refractivity contribution in [3.05, 3.63) is 58.7 Å². The van der Waals surface area contributed by atoms with Gasteiger partial charge in [0.1, 0.15) is 0 Å². The first kappa shape index (κ1) is 27.0. The lowest BCUT2D eigenvalue weighted by atomic mass is 9.82. The zero-order valence-corrected chi connectivity index (χ0v) is 22.9. The van der Waals surface area contributed by atoms with Crippen molar-refractivity contribution in [2.24, 2.45) is 21.3 Å². The summed E-state index contributed by atoms with van der Waals surface area (Å²) in [6.07, 6.45) is 4.26.